The van der Waals surface area contributed by atoms with Gasteiger partial charge in [0, 0.05) is 6.07 Å². The third-order valence-corrected chi connectivity index (χ3v) is 3.93. The lowest BCUT2D eigenvalue weighted by Gasteiger charge is -2.09. The van der Waals surface area contributed by atoms with Gasteiger partial charge in [0.15, 0.2) is 5.69 Å². The number of aromatic nitrogens is 1. The summed E-state index contributed by atoms with van der Waals surface area (Å²) in [5, 5.41) is 10.8. The number of aryl methyl sites for hydroxylation is 1. The Labute approximate surface area is 130 Å². The van der Waals surface area contributed by atoms with Crippen LogP contribution in [0, 0.1) is 6.92 Å². The highest BCUT2D eigenvalue weighted by Crippen LogP contribution is 2.33. The minimum absolute atomic E-state index is 0.0372. The third-order valence-electron chi connectivity index (χ3n) is 2.44. The van der Waals surface area contributed by atoms with Crippen molar-refractivity contribution in [1.29, 1.82) is 0 Å². The molecule has 21 heavy (non-hydrogen) atoms. The molecule has 1 aromatic carbocycles. The maximum absolute atomic E-state index is 11.9. The molecule has 0 radical (unpaired) electrons. The van der Waals surface area contributed by atoms with Crippen LogP contribution >= 0.6 is 23.2 Å². The van der Waals surface area contributed by atoms with Crippen molar-refractivity contribution >= 4 is 44.8 Å². The minimum atomic E-state index is -3.95. The number of amides is 1. The van der Waals surface area contributed by atoms with E-state index in [2.05, 4.69) is 10.5 Å². The van der Waals surface area contributed by atoms with E-state index in [0.29, 0.717) is 5.76 Å². The minimum Gasteiger partial charge on any atom is -0.361 e. The highest BCUT2D eigenvalue weighted by atomic mass is 35.5. The normalized spacial score (nSPS) is 11.4. The SMILES string of the molecule is Cc1cc(C(=O)Nc2c(Cl)cc(S(N)(=O)=O)cc2Cl)no1. The first-order chi connectivity index (χ1) is 9.68. The highest BCUT2D eigenvalue weighted by molar-refractivity contribution is 7.89. The van der Waals surface area contributed by atoms with Gasteiger partial charge in [0.05, 0.1) is 20.6 Å². The van der Waals surface area contributed by atoms with Gasteiger partial charge in [-0.25, -0.2) is 13.6 Å². The van der Waals surface area contributed by atoms with Crippen LogP contribution in [0.4, 0.5) is 5.69 Å². The van der Waals surface area contributed by atoms with Crippen molar-refractivity contribution in [2.45, 2.75) is 11.8 Å². The zero-order chi connectivity index (χ0) is 15.8. The zero-order valence-electron chi connectivity index (χ0n) is 10.6. The summed E-state index contributed by atoms with van der Waals surface area (Å²) in [6.45, 7) is 1.63. The number of anilines is 1. The quantitative estimate of drug-likeness (QED) is 0.880. The Balaban J connectivity index is 2.35. The van der Waals surface area contributed by atoms with E-state index >= 15 is 0 Å². The second-order valence-electron chi connectivity index (χ2n) is 4.08. The van der Waals surface area contributed by atoms with E-state index in [9.17, 15) is 13.2 Å². The second-order valence-corrected chi connectivity index (χ2v) is 6.46. The van der Waals surface area contributed by atoms with Crippen LogP contribution < -0.4 is 10.5 Å². The number of primary sulfonamides is 1. The van der Waals surface area contributed by atoms with Crippen LogP contribution in [-0.4, -0.2) is 19.5 Å². The van der Waals surface area contributed by atoms with Crippen molar-refractivity contribution in [3.63, 3.8) is 0 Å². The summed E-state index contributed by atoms with van der Waals surface area (Å²) >= 11 is 11.8. The molecular weight excluding hydrogens is 341 g/mol. The van der Waals surface area contributed by atoms with Gasteiger partial charge >= 0.3 is 0 Å². The Bertz CT molecular complexity index is 794. The number of nitrogens with zero attached hydrogens (tertiary/aromatic N) is 1. The number of carbonyl (C=O) groups is 1. The van der Waals surface area contributed by atoms with Gasteiger partial charge < -0.3 is 9.84 Å². The number of hydrogen-bond acceptors (Lipinski definition) is 5. The number of rotatable bonds is 3. The van der Waals surface area contributed by atoms with Crippen LogP contribution in [0.25, 0.3) is 0 Å². The number of nitrogens with one attached hydrogen (secondary N) is 1. The first-order valence-corrected chi connectivity index (χ1v) is 7.75. The summed E-state index contributed by atoms with van der Waals surface area (Å²) in [7, 11) is -3.95. The molecule has 0 atom stereocenters. The topological polar surface area (TPSA) is 115 Å². The van der Waals surface area contributed by atoms with Gasteiger partial charge in [0.25, 0.3) is 5.91 Å². The lowest BCUT2D eigenvalue weighted by atomic mass is 10.3. The Morgan fingerprint density at radius 3 is 2.29 bits per heavy atom. The predicted molar refractivity (Wildman–Crippen MR) is 77.0 cm³/mol. The number of benzene rings is 1. The molecule has 0 spiro atoms. The lowest BCUT2D eigenvalue weighted by molar-refractivity contribution is 0.101. The van der Waals surface area contributed by atoms with Crippen molar-refractivity contribution in [3.8, 4) is 0 Å². The Hall–Kier alpha value is -1.61. The molecule has 1 amide bonds. The van der Waals surface area contributed by atoms with Crippen LogP contribution in [0.5, 0.6) is 0 Å². The molecule has 0 aliphatic carbocycles. The Morgan fingerprint density at radius 1 is 1.29 bits per heavy atom. The van der Waals surface area contributed by atoms with Gasteiger partial charge in [-0.1, -0.05) is 28.4 Å². The summed E-state index contributed by atoms with van der Waals surface area (Å²) in [6.07, 6.45) is 0. The number of hydrogen-bond donors (Lipinski definition) is 2. The number of sulfonamides is 1. The molecule has 1 aromatic heterocycles. The molecule has 112 valence electrons. The second kappa shape index (κ2) is 5.64. The molecular formula is C11H9Cl2N3O4S. The molecule has 3 N–H and O–H groups in total. The van der Waals surface area contributed by atoms with E-state index in [1.54, 1.807) is 6.92 Å². The van der Waals surface area contributed by atoms with Crippen molar-refractivity contribution in [3.05, 3.63) is 39.7 Å². The molecule has 0 aliphatic rings. The smallest absolute Gasteiger partial charge is 0.277 e. The average Bonchev–Trinajstić information content (AvgIpc) is 2.79. The van der Waals surface area contributed by atoms with Crippen LogP contribution in [0.1, 0.15) is 16.2 Å². The van der Waals surface area contributed by atoms with E-state index in [1.807, 2.05) is 0 Å². The van der Waals surface area contributed by atoms with Crippen molar-refractivity contribution in [2.24, 2.45) is 5.14 Å². The van der Waals surface area contributed by atoms with Gasteiger partial charge in [0.1, 0.15) is 5.76 Å². The van der Waals surface area contributed by atoms with E-state index < -0.39 is 15.9 Å². The largest absolute Gasteiger partial charge is 0.361 e. The molecule has 0 fully saturated rings. The van der Waals surface area contributed by atoms with Crippen LogP contribution in [0.2, 0.25) is 10.0 Å². The van der Waals surface area contributed by atoms with Crippen molar-refractivity contribution < 1.29 is 17.7 Å². The fourth-order valence-corrected chi connectivity index (χ4v) is 2.76. The van der Waals surface area contributed by atoms with Crippen molar-refractivity contribution in [1.82, 2.24) is 5.16 Å². The van der Waals surface area contributed by atoms with Crippen LogP contribution in [0.15, 0.2) is 27.6 Å². The average molecular weight is 350 g/mol. The molecule has 2 aromatic rings. The lowest BCUT2D eigenvalue weighted by Crippen LogP contribution is -2.15. The van der Waals surface area contributed by atoms with Crippen LogP contribution in [-0.2, 0) is 10.0 Å². The van der Waals surface area contributed by atoms with E-state index in [1.165, 1.54) is 6.07 Å². The maximum Gasteiger partial charge on any atom is 0.277 e. The number of nitrogens with two attached hydrogens (primary N) is 1. The van der Waals surface area contributed by atoms with E-state index in [0.717, 1.165) is 12.1 Å². The first-order valence-electron chi connectivity index (χ1n) is 5.45. The standard InChI is InChI=1S/C11H9Cl2N3O4S/c1-5-2-9(16-20-5)11(17)15-10-7(12)3-6(4-8(10)13)21(14,18)19/h2-4H,1H3,(H,15,17)(H2,14,18,19). The van der Waals surface area contributed by atoms with E-state index in [-0.39, 0.29) is 26.3 Å². The summed E-state index contributed by atoms with van der Waals surface area (Å²) in [4.78, 5) is 11.7. The van der Waals surface area contributed by atoms with Gasteiger partial charge in [-0.15, -0.1) is 0 Å². The zero-order valence-corrected chi connectivity index (χ0v) is 12.9. The summed E-state index contributed by atoms with van der Waals surface area (Å²) in [6, 6.07) is 3.61. The Kier molecular flexibility index (Phi) is 4.24. The fourth-order valence-electron chi connectivity index (χ4n) is 1.48. The first kappa shape index (κ1) is 15.8. The molecule has 7 nitrogen and oxygen atoms in total. The number of halogens is 2. The summed E-state index contributed by atoms with van der Waals surface area (Å²) in [5.74, 6) is -0.138. The molecule has 10 heteroatoms. The molecule has 0 unspecified atom stereocenters. The molecule has 0 aliphatic heterocycles. The van der Waals surface area contributed by atoms with E-state index in [4.69, 9.17) is 32.9 Å². The number of carbonyl (C=O) groups excluding carboxylic acids is 1. The fraction of sp³-hybridized carbons (Fsp3) is 0.0909. The highest BCUT2D eigenvalue weighted by Gasteiger charge is 2.18. The summed E-state index contributed by atoms with van der Waals surface area (Å²) in [5.41, 5.74) is 0.0894. The molecule has 0 bridgehead atoms. The van der Waals surface area contributed by atoms with Gasteiger partial charge in [-0.2, -0.15) is 0 Å². The Morgan fingerprint density at radius 2 is 1.86 bits per heavy atom. The van der Waals surface area contributed by atoms with Gasteiger partial charge in [-0.05, 0) is 19.1 Å². The summed E-state index contributed by atoms with van der Waals surface area (Å²) < 4.78 is 27.3. The van der Waals surface area contributed by atoms with Crippen molar-refractivity contribution in [2.75, 3.05) is 5.32 Å². The van der Waals surface area contributed by atoms with Crippen LogP contribution in [0.3, 0.4) is 0 Å². The maximum atomic E-state index is 11.9. The molecule has 0 saturated carbocycles. The third kappa shape index (κ3) is 3.53. The molecule has 0 saturated heterocycles. The van der Waals surface area contributed by atoms with Gasteiger partial charge in [-0.3, -0.25) is 4.79 Å². The van der Waals surface area contributed by atoms with Gasteiger partial charge in [0.2, 0.25) is 10.0 Å². The predicted octanol–water partition coefficient (Wildman–Crippen LogP) is 2.19. The molecule has 1 heterocycles. The molecule has 2 rings (SSSR count). The monoisotopic (exact) mass is 349 g/mol.